The summed E-state index contributed by atoms with van der Waals surface area (Å²) in [7, 11) is 0. The van der Waals surface area contributed by atoms with Crippen LogP contribution in [0.2, 0.25) is 5.02 Å². The molecular formula is C33H30ClFN4O4. The Bertz CT molecular complexity index is 1770. The van der Waals surface area contributed by atoms with Gasteiger partial charge in [0.05, 0.1) is 28.5 Å². The number of Topliss-reactive ketones (excluding diaryl/α,β-unsaturated/α-hetero) is 1. The number of nitro benzene ring substituents is 1. The molecule has 43 heavy (non-hydrogen) atoms. The molecule has 0 saturated heterocycles. The van der Waals surface area contributed by atoms with Gasteiger partial charge in [0, 0.05) is 22.7 Å². The number of aryl methyl sites for hydroxylation is 1. The molecule has 2 aliphatic rings. The number of halogens is 2. The number of nitro groups is 1. The number of carbonyl (C=O) groups is 1. The molecule has 0 spiro atoms. The van der Waals surface area contributed by atoms with Crippen LogP contribution in [0.4, 0.5) is 15.8 Å². The predicted molar refractivity (Wildman–Crippen MR) is 162 cm³/mol. The maximum atomic E-state index is 14.1. The molecule has 1 unspecified atom stereocenters. The topological polar surface area (TPSA) is 122 Å². The molecule has 0 radical (unpaired) electrons. The Morgan fingerprint density at radius 3 is 2.51 bits per heavy atom. The van der Waals surface area contributed by atoms with E-state index in [-0.39, 0.29) is 35.9 Å². The van der Waals surface area contributed by atoms with Crippen LogP contribution in [-0.2, 0) is 11.4 Å². The molecule has 1 heterocycles. The Morgan fingerprint density at radius 1 is 1.16 bits per heavy atom. The minimum Gasteiger partial charge on any atom is -0.489 e. The second-order valence-corrected chi connectivity index (χ2v) is 12.2. The highest BCUT2D eigenvalue weighted by Crippen LogP contribution is 2.52. The van der Waals surface area contributed by atoms with Gasteiger partial charge in [0.25, 0.3) is 5.69 Å². The van der Waals surface area contributed by atoms with E-state index in [4.69, 9.17) is 22.1 Å². The van der Waals surface area contributed by atoms with E-state index in [0.717, 1.165) is 34.4 Å². The molecule has 10 heteroatoms. The summed E-state index contributed by atoms with van der Waals surface area (Å²) in [6.45, 7) is 7.94. The van der Waals surface area contributed by atoms with Crippen LogP contribution >= 0.6 is 11.6 Å². The first-order valence-electron chi connectivity index (χ1n) is 13.7. The van der Waals surface area contributed by atoms with E-state index in [1.165, 1.54) is 11.0 Å². The SMILES string of the molecule is Cc1cc(COc2ccc(Cl)cc2)c(C)c(C2C(C#N)=C(N)N(c3ccc(F)cc3[N+](=O)[O-])C3=C2C(=O)CC(C)(C)C3)c1. The number of ketones is 1. The molecule has 1 aliphatic heterocycles. The molecule has 0 amide bonds. The number of rotatable bonds is 6. The average molecular weight is 601 g/mol. The first-order valence-corrected chi connectivity index (χ1v) is 14.1. The van der Waals surface area contributed by atoms with Crippen molar-refractivity contribution < 1.29 is 18.8 Å². The van der Waals surface area contributed by atoms with Crippen LogP contribution in [0.15, 0.2) is 77.3 Å². The standard InChI is InChI=1S/C33H30ClFN4O4/c1-18-11-20(17-43-23-8-5-21(34)6-9-23)19(2)24(12-18)30-25(16-36)32(37)38(26-10-7-22(35)13-27(26)39(41)42)28-14-33(3,4)15-29(40)31(28)30/h5-13,30H,14-15,17,37H2,1-4H3. The highest BCUT2D eigenvalue weighted by atomic mass is 35.5. The van der Waals surface area contributed by atoms with Crippen LogP contribution in [0.5, 0.6) is 5.75 Å². The zero-order valence-corrected chi connectivity index (χ0v) is 25.0. The molecule has 3 aromatic rings. The first kappa shape index (κ1) is 29.8. The van der Waals surface area contributed by atoms with E-state index in [1.807, 2.05) is 39.8 Å². The number of anilines is 1. The third-order valence-corrected chi connectivity index (χ3v) is 8.23. The van der Waals surface area contributed by atoms with Gasteiger partial charge in [0.2, 0.25) is 0 Å². The van der Waals surface area contributed by atoms with Crippen LogP contribution < -0.4 is 15.4 Å². The van der Waals surface area contributed by atoms with Crippen LogP contribution in [0.1, 0.15) is 54.9 Å². The molecule has 0 saturated carbocycles. The molecule has 0 aromatic heterocycles. The molecule has 220 valence electrons. The lowest BCUT2D eigenvalue weighted by Crippen LogP contribution is -2.42. The van der Waals surface area contributed by atoms with Crippen LogP contribution in [0, 0.1) is 46.5 Å². The van der Waals surface area contributed by atoms with Gasteiger partial charge in [-0.1, -0.05) is 43.1 Å². The van der Waals surface area contributed by atoms with Crippen molar-refractivity contribution in [2.45, 2.75) is 53.1 Å². The van der Waals surface area contributed by atoms with Crippen molar-refractivity contribution in [3.63, 3.8) is 0 Å². The molecule has 3 aromatic carbocycles. The highest BCUT2D eigenvalue weighted by Gasteiger charge is 2.46. The maximum absolute atomic E-state index is 14.1. The summed E-state index contributed by atoms with van der Waals surface area (Å²) >= 11 is 6.00. The zero-order valence-electron chi connectivity index (χ0n) is 24.2. The lowest BCUT2D eigenvalue weighted by Gasteiger charge is -2.43. The number of ether oxygens (including phenoxy) is 1. The van der Waals surface area contributed by atoms with Gasteiger partial charge in [0.1, 0.15) is 29.7 Å². The number of benzene rings is 3. The molecule has 8 nitrogen and oxygen atoms in total. The molecular weight excluding hydrogens is 571 g/mol. The second-order valence-electron chi connectivity index (χ2n) is 11.8. The minimum atomic E-state index is -0.798. The van der Waals surface area contributed by atoms with Gasteiger partial charge in [-0.05, 0) is 78.8 Å². The average Bonchev–Trinajstić information content (AvgIpc) is 2.93. The van der Waals surface area contributed by atoms with E-state index in [1.54, 1.807) is 24.3 Å². The van der Waals surface area contributed by atoms with Gasteiger partial charge in [-0.25, -0.2) is 4.39 Å². The van der Waals surface area contributed by atoms with Crippen molar-refractivity contribution in [3.05, 3.63) is 120 Å². The normalized spacial score (nSPS) is 17.9. The van der Waals surface area contributed by atoms with Gasteiger partial charge in [0.15, 0.2) is 5.78 Å². The Kier molecular flexibility index (Phi) is 7.76. The van der Waals surface area contributed by atoms with E-state index in [2.05, 4.69) is 6.07 Å². The third-order valence-electron chi connectivity index (χ3n) is 7.97. The van der Waals surface area contributed by atoms with Crippen molar-refractivity contribution in [3.8, 4) is 11.8 Å². The fourth-order valence-electron chi connectivity index (χ4n) is 6.03. The number of nitrogens with zero attached hydrogens (tertiary/aromatic N) is 3. The van der Waals surface area contributed by atoms with Crippen molar-refractivity contribution in [2.75, 3.05) is 4.90 Å². The van der Waals surface area contributed by atoms with Crippen molar-refractivity contribution >= 4 is 28.8 Å². The number of hydrogen-bond donors (Lipinski definition) is 1. The number of nitrogens with two attached hydrogens (primary N) is 1. The molecule has 2 N–H and O–H groups in total. The number of hydrogen-bond acceptors (Lipinski definition) is 7. The summed E-state index contributed by atoms with van der Waals surface area (Å²) in [4.78, 5) is 26.7. The monoisotopic (exact) mass is 600 g/mol. The smallest absolute Gasteiger partial charge is 0.296 e. The van der Waals surface area contributed by atoms with Crippen molar-refractivity contribution in [2.24, 2.45) is 11.1 Å². The van der Waals surface area contributed by atoms with E-state index in [0.29, 0.717) is 28.5 Å². The van der Waals surface area contributed by atoms with Gasteiger partial charge in [-0.2, -0.15) is 5.26 Å². The quantitative estimate of drug-likeness (QED) is 0.229. The van der Waals surface area contributed by atoms with Gasteiger partial charge in [-0.3, -0.25) is 19.8 Å². The maximum Gasteiger partial charge on any atom is 0.296 e. The van der Waals surface area contributed by atoms with Crippen molar-refractivity contribution in [1.82, 2.24) is 0 Å². The van der Waals surface area contributed by atoms with Gasteiger partial charge < -0.3 is 10.5 Å². The van der Waals surface area contributed by atoms with Crippen LogP contribution in [0.25, 0.3) is 0 Å². The van der Waals surface area contributed by atoms with E-state index < -0.39 is 27.8 Å². The molecule has 0 bridgehead atoms. The number of carbonyl (C=O) groups excluding carboxylic acids is 1. The fourth-order valence-corrected chi connectivity index (χ4v) is 6.16. The molecule has 0 fully saturated rings. The predicted octanol–water partition coefficient (Wildman–Crippen LogP) is 7.52. The Morgan fingerprint density at radius 2 is 1.86 bits per heavy atom. The first-order chi connectivity index (χ1) is 20.3. The second kappa shape index (κ2) is 11.2. The summed E-state index contributed by atoms with van der Waals surface area (Å²) in [5.41, 5.74) is 9.92. The minimum absolute atomic E-state index is 0.00822. The summed E-state index contributed by atoms with van der Waals surface area (Å²) in [5.74, 6) is -1.16. The number of allylic oxidation sites excluding steroid dienone is 3. The Hall–Kier alpha value is -4.68. The third kappa shape index (κ3) is 5.58. The lowest BCUT2D eigenvalue weighted by molar-refractivity contribution is -0.384. The highest BCUT2D eigenvalue weighted by molar-refractivity contribution is 6.30. The Balaban J connectivity index is 1.70. The fraction of sp³-hybridized carbons (Fsp3) is 0.273. The number of nitriles is 1. The summed E-state index contributed by atoms with van der Waals surface area (Å²) in [5, 5.41) is 23.1. The summed E-state index contributed by atoms with van der Waals surface area (Å²) < 4.78 is 20.2. The van der Waals surface area contributed by atoms with E-state index >= 15 is 0 Å². The summed E-state index contributed by atoms with van der Waals surface area (Å²) in [6.07, 6.45) is 0.577. The molecule has 1 aliphatic carbocycles. The molecule has 5 rings (SSSR count). The zero-order chi connectivity index (χ0) is 31.2. The largest absolute Gasteiger partial charge is 0.489 e. The Labute approximate surface area is 254 Å². The van der Waals surface area contributed by atoms with Crippen molar-refractivity contribution in [1.29, 1.82) is 5.26 Å². The van der Waals surface area contributed by atoms with Gasteiger partial charge >= 0.3 is 0 Å². The summed E-state index contributed by atoms with van der Waals surface area (Å²) in [6, 6.07) is 16.3. The molecule has 1 atom stereocenters. The van der Waals surface area contributed by atoms with Gasteiger partial charge in [-0.15, -0.1) is 0 Å². The van der Waals surface area contributed by atoms with E-state index in [9.17, 15) is 24.6 Å². The van der Waals surface area contributed by atoms with Crippen LogP contribution in [0.3, 0.4) is 0 Å². The van der Waals surface area contributed by atoms with Crippen LogP contribution in [-0.4, -0.2) is 10.7 Å². The lowest BCUT2D eigenvalue weighted by atomic mass is 9.68.